The minimum atomic E-state index is -3.12. The van der Waals surface area contributed by atoms with Gasteiger partial charge in [-0.25, -0.2) is 12.8 Å². The first kappa shape index (κ1) is 16.4. The molecule has 1 aromatic carbocycles. The van der Waals surface area contributed by atoms with E-state index in [1.54, 1.807) is 17.0 Å². The number of amides is 1. The molecule has 2 saturated heterocycles. The van der Waals surface area contributed by atoms with Gasteiger partial charge in [0.2, 0.25) is 0 Å². The number of hydrogen-bond donors (Lipinski definition) is 0. The van der Waals surface area contributed by atoms with Gasteiger partial charge >= 0.3 is 0 Å². The Kier molecular flexibility index (Phi) is 4.43. The third-order valence-electron chi connectivity index (χ3n) is 3.66. The molecule has 2 fully saturated rings. The summed E-state index contributed by atoms with van der Waals surface area (Å²) in [6.45, 7) is -0.144. The molecule has 0 spiro atoms. The summed E-state index contributed by atoms with van der Waals surface area (Å²) in [5.74, 6) is -0.771. The van der Waals surface area contributed by atoms with E-state index in [1.807, 2.05) is 0 Å². The summed E-state index contributed by atoms with van der Waals surface area (Å²) in [5, 5.41) is 0.253. The van der Waals surface area contributed by atoms with E-state index in [-0.39, 0.29) is 35.2 Å². The van der Waals surface area contributed by atoms with Gasteiger partial charge < -0.3 is 9.64 Å². The highest BCUT2D eigenvalue weighted by molar-refractivity contribution is 8.16. The van der Waals surface area contributed by atoms with Crippen LogP contribution in [0.1, 0.15) is 0 Å². The molecule has 0 bridgehead atoms. The summed E-state index contributed by atoms with van der Waals surface area (Å²) in [6, 6.07) is 5.40. The predicted molar refractivity (Wildman–Crippen MR) is 87.0 cm³/mol. The van der Waals surface area contributed by atoms with E-state index < -0.39 is 15.7 Å². The molecule has 0 radical (unpaired) electrons. The summed E-state index contributed by atoms with van der Waals surface area (Å²) in [7, 11) is -1.72. The van der Waals surface area contributed by atoms with E-state index in [1.165, 1.54) is 31.0 Å². The quantitative estimate of drug-likeness (QED) is 0.805. The Morgan fingerprint density at radius 1 is 1.39 bits per heavy atom. The van der Waals surface area contributed by atoms with Gasteiger partial charge in [-0.2, -0.15) is 4.99 Å². The number of benzene rings is 1. The maximum Gasteiger partial charge on any atom is 0.274 e. The fraction of sp³-hybridized carbons (Fsp3) is 0.429. The third kappa shape index (κ3) is 3.41. The van der Waals surface area contributed by atoms with Gasteiger partial charge in [-0.15, -0.1) is 0 Å². The highest BCUT2D eigenvalue weighted by Gasteiger charge is 2.49. The molecule has 2 atom stereocenters. The SMILES string of the molecule is COCC(=O)N=C1S[C@@H]2CS(=O)(=O)C[C@@H]2N1c1ccc(F)cc1. The van der Waals surface area contributed by atoms with E-state index in [4.69, 9.17) is 4.74 Å². The molecule has 3 rings (SSSR count). The van der Waals surface area contributed by atoms with Gasteiger partial charge in [0.05, 0.1) is 17.5 Å². The number of rotatable bonds is 3. The topological polar surface area (TPSA) is 76.0 Å². The van der Waals surface area contributed by atoms with Crippen LogP contribution >= 0.6 is 11.8 Å². The lowest BCUT2D eigenvalue weighted by Crippen LogP contribution is -2.37. The average molecular weight is 358 g/mol. The molecule has 2 aliphatic rings. The van der Waals surface area contributed by atoms with E-state index in [0.29, 0.717) is 10.9 Å². The van der Waals surface area contributed by atoms with Crippen molar-refractivity contribution in [2.24, 2.45) is 4.99 Å². The Morgan fingerprint density at radius 3 is 2.74 bits per heavy atom. The summed E-state index contributed by atoms with van der Waals surface area (Å²) in [5.41, 5.74) is 0.618. The van der Waals surface area contributed by atoms with Crippen molar-refractivity contribution >= 4 is 38.4 Å². The molecule has 2 heterocycles. The number of nitrogens with zero attached hydrogens (tertiary/aromatic N) is 2. The number of sulfone groups is 1. The monoisotopic (exact) mass is 358 g/mol. The van der Waals surface area contributed by atoms with Crippen molar-refractivity contribution in [3.05, 3.63) is 30.1 Å². The fourth-order valence-electron chi connectivity index (χ4n) is 2.73. The van der Waals surface area contributed by atoms with Crippen LogP contribution in [0.25, 0.3) is 0 Å². The lowest BCUT2D eigenvalue weighted by Gasteiger charge is -2.24. The van der Waals surface area contributed by atoms with Gasteiger partial charge in [0, 0.05) is 18.0 Å². The molecule has 0 aromatic heterocycles. The molecule has 6 nitrogen and oxygen atoms in total. The molecule has 0 saturated carbocycles. The second kappa shape index (κ2) is 6.21. The lowest BCUT2D eigenvalue weighted by atomic mass is 10.2. The number of carbonyl (C=O) groups excluding carboxylic acids is 1. The standard InChI is InChI=1S/C14H15FN2O4S2/c1-21-6-13(18)16-14-17(10-4-2-9(15)3-5-10)11-7-23(19,20)8-12(11)22-14/h2-5,11-12H,6-8H2,1H3/t11-,12+/m0/s1. The smallest absolute Gasteiger partial charge is 0.274 e. The highest BCUT2D eigenvalue weighted by Crippen LogP contribution is 2.40. The molecule has 0 aliphatic carbocycles. The first-order valence-electron chi connectivity index (χ1n) is 6.92. The second-order valence-corrected chi connectivity index (χ2v) is 8.73. The summed E-state index contributed by atoms with van der Waals surface area (Å²) in [4.78, 5) is 17.5. The van der Waals surface area contributed by atoms with Gasteiger partial charge in [-0.1, -0.05) is 11.8 Å². The van der Waals surface area contributed by atoms with Crippen molar-refractivity contribution < 1.29 is 22.3 Å². The Balaban J connectivity index is 1.97. The molecule has 124 valence electrons. The zero-order chi connectivity index (χ0) is 16.6. The van der Waals surface area contributed by atoms with Crippen LogP contribution in [0, 0.1) is 5.82 Å². The fourth-order valence-corrected chi connectivity index (χ4v) is 6.66. The van der Waals surface area contributed by atoms with Crippen molar-refractivity contribution in [2.45, 2.75) is 11.3 Å². The van der Waals surface area contributed by atoms with Gasteiger partial charge in [0.1, 0.15) is 12.4 Å². The number of thioether (sulfide) groups is 1. The van der Waals surface area contributed by atoms with Crippen LogP contribution in [0.2, 0.25) is 0 Å². The Hall–Kier alpha value is -1.45. The van der Waals surface area contributed by atoms with Crippen LogP contribution < -0.4 is 4.90 Å². The maximum atomic E-state index is 13.2. The van der Waals surface area contributed by atoms with Crippen LogP contribution in [0.4, 0.5) is 10.1 Å². The van der Waals surface area contributed by atoms with Gasteiger partial charge in [-0.05, 0) is 24.3 Å². The number of halogens is 1. The van der Waals surface area contributed by atoms with Crippen molar-refractivity contribution in [2.75, 3.05) is 30.1 Å². The lowest BCUT2D eigenvalue weighted by molar-refractivity contribution is -0.121. The summed E-state index contributed by atoms with van der Waals surface area (Å²) >= 11 is 1.27. The first-order valence-corrected chi connectivity index (χ1v) is 9.62. The predicted octanol–water partition coefficient (Wildman–Crippen LogP) is 1.07. The van der Waals surface area contributed by atoms with Gasteiger partial charge in [0.25, 0.3) is 5.91 Å². The van der Waals surface area contributed by atoms with Crippen LogP contribution in [0.15, 0.2) is 29.3 Å². The van der Waals surface area contributed by atoms with Gasteiger partial charge in [0.15, 0.2) is 15.0 Å². The van der Waals surface area contributed by atoms with Crippen LogP contribution in [0.3, 0.4) is 0 Å². The van der Waals surface area contributed by atoms with E-state index in [2.05, 4.69) is 4.99 Å². The van der Waals surface area contributed by atoms with Crippen LogP contribution in [-0.4, -0.2) is 56.0 Å². The zero-order valence-corrected chi connectivity index (χ0v) is 13.9. The molecule has 23 heavy (non-hydrogen) atoms. The number of anilines is 1. The molecular weight excluding hydrogens is 343 g/mol. The van der Waals surface area contributed by atoms with E-state index in [0.717, 1.165) is 0 Å². The molecule has 0 unspecified atom stereocenters. The van der Waals surface area contributed by atoms with E-state index in [9.17, 15) is 17.6 Å². The number of ether oxygens (including phenoxy) is 1. The zero-order valence-electron chi connectivity index (χ0n) is 12.3. The minimum absolute atomic E-state index is 0.000465. The largest absolute Gasteiger partial charge is 0.375 e. The number of carbonyl (C=O) groups is 1. The molecule has 2 aliphatic heterocycles. The number of amidine groups is 1. The van der Waals surface area contributed by atoms with Crippen LogP contribution in [0.5, 0.6) is 0 Å². The molecule has 9 heteroatoms. The average Bonchev–Trinajstić information content (AvgIpc) is 2.91. The number of methoxy groups -OCH3 is 1. The van der Waals surface area contributed by atoms with Crippen LogP contribution in [-0.2, 0) is 19.4 Å². The van der Waals surface area contributed by atoms with Crippen molar-refractivity contribution in [3.8, 4) is 0 Å². The number of hydrogen-bond acceptors (Lipinski definition) is 5. The Morgan fingerprint density at radius 2 is 2.09 bits per heavy atom. The Labute approximate surface area is 137 Å². The first-order chi connectivity index (χ1) is 10.9. The second-order valence-electron chi connectivity index (χ2n) is 5.37. The van der Waals surface area contributed by atoms with Crippen molar-refractivity contribution in [1.82, 2.24) is 0 Å². The van der Waals surface area contributed by atoms with E-state index >= 15 is 0 Å². The number of aliphatic imine (C=N–C) groups is 1. The highest BCUT2D eigenvalue weighted by atomic mass is 32.2. The Bertz CT molecular complexity index is 749. The minimum Gasteiger partial charge on any atom is -0.375 e. The number of fused-ring (bicyclic) bond motifs is 1. The molecule has 1 amide bonds. The summed E-state index contributed by atoms with van der Waals surface area (Å²) < 4.78 is 41.7. The molecule has 1 aromatic rings. The van der Waals surface area contributed by atoms with Crippen molar-refractivity contribution in [1.29, 1.82) is 0 Å². The normalized spacial score (nSPS) is 27.4. The molecule has 0 N–H and O–H groups in total. The molecular formula is C14H15FN2O4S2. The summed E-state index contributed by atoms with van der Waals surface area (Å²) in [6.07, 6.45) is 0. The van der Waals surface area contributed by atoms with Gasteiger partial charge in [-0.3, -0.25) is 4.79 Å². The third-order valence-corrected chi connectivity index (χ3v) is 6.87. The maximum absolute atomic E-state index is 13.2. The van der Waals surface area contributed by atoms with Crippen molar-refractivity contribution in [3.63, 3.8) is 0 Å².